The minimum absolute atomic E-state index is 0.0517. The summed E-state index contributed by atoms with van der Waals surface area (Å²) in [5.41, 5.74) is -2.28. The molecule has 0 aromatic carbocycles. The molecule has 0 amide bonds. The van der Waals surface area contributed by atoms with Crippen molar-refractivity contribution in [3.05, 3.63) is 0 Å². The fourth-order valence-electron chi connectivity index (χ4n) is 3.57. The van der Waals surface area contributed by atoms with Gasteiger partial charge in [0.2, 0.25) is 0 Å². The Hall–Kier alpha value is -2.73. The molecule has 12 nitrogen and oxygen atoms in total. The Morgan fingerprint density at radius 2 is 0.968 bits per heavy atom. The lowest BCUT2D eigenvalue weighted by Crippen LogP contribution is -2.74. The molecule has 176 valence electrons. The zero-order valence-corrected chi connectivity index (χ0v) is 18.0. The van der Waals surface area contributed by atoms with Crippen LogP contribution in [0.5, 0.6) is 0 Å². The van der Waals surface area contributed by atoms with Gasteiger partial charge in [-0.25, -0.2) is 0 Å². The fraction of sp³-hybridized carbons (Fsp3) is 0.737. The van der Waals surface area contributed by atoms with Gasteiger partial charge in [-0.3, -0.25) is 24.0 Å². The highest BCUT2D eigenvalue weighted by Gasteiger charge is 2.66. The molecule has 0 bridgehead atoms. The predicted molar refractivity (Wildman–Crippen MR) is 99.0 cm³/mol. The van der Waals surface area contributed by atoms with Gasteiger partial charge in [-0.05, 0) is 12.8 Å². The second-order valence-corrected chi connectivity index (χ2v) is 7.10. The van der Waals surface area contributed by atoms with E-state index in [2.05, 4.69) is 0 Å². The zero-order chi connectivity index (χ0) is 23.9. The molecular weight excluding hydrogens is 420 g/mol. The summed E-state index contributed by atoms with van der Waals surface area (Å²) in [4.78, 5) is 58.9. The van der Waals surface area contributed by atoms with Gasteiger partial charge in [-0.2, -0.15) is 0 Å². The van der Waals surface area contributed by atoms with E-state index in [1.807, 2.05) is 0 Å². The highest BCUT2D eigenvalue weighted by molar-refractivity contribution is 5.70. The van der Waals surface area contributed by atoms with Gasteiger partial charge in [0, 0.05) is 41.2 Å². The normalized spacial score (nSPS) is 30.0. The summed E-state index contributed by atoms with van der Waals surface area (Å²) < 4.78 is 26.1. The van der Waals surface area contributed by atoms with Crippen LogP contribution in [0.3, 0.4) is 0 Å². The van der Waals surface area contributed by atoms with Gasteiger partial charge >= 0.3 is 29.8 Å². The van der Waals surface area contributed by atoms with Gasteiger partial charge in [0.15, 0.2) is 30.5 Å². The number of ether oxygens (including phenoxy) is 5. The number of rotatable bonds is 8. The molecule has 0 radical (unpaired) electrons. The van der Waals surface area contributed by atoms with Crippen LogP contribution in [0.15, 0.2) is 0 Å². The number of carbonyl (C=O) groups is 5. The Morgan fingerprint density at radius 1 is 0.645 bits per heavy atom. The van der Waals surface area contributed by atoms with E-state index in [1.54, 1.807) is 0 Å². The molecule has 1 aliphatic rings. The van der Waals surface area contributed by atoms with E-state index in [4.69, 9.17) is 23.7 Å². The second-order valence-electron chi connectivity index (χ2n) is 7.10. The van der Waals surface area contributed by atoms with Crippen LogP contribution in [0.1, 0.15) is 47.5 Å². The lowest BCUT2D eigenvalue weighted by atomic mass is 9.71. The monoisotopic (exact) mass is 448 g/mol. The first kappa shape index (κ1) is 26.3. The van der Waals surface area contributed by atoms with Gasteiger partial charge in [0.05, 0.1) is 0 Å². The van der Waals surface area contributed by atoms with Crippen LogP contribution < -0.4 is 0 Å². The molecule has 2 N–H and O–H groups in total. The maximum atomic E-state index is 11.8. The van der Waals surface area contributed by atoms with Gasteiger partial charge < -0.3 is 33.9 Å². The third-order valence-electron chi connectivity index (χ3n) is 4.46. The Morgan fingerprint density at radius 3 is 1.26 bits per heavy atom. The molecule has 0 spiro atoms. The topological polar surface area (TPSA) is 172 Å². The maximum absolute atomic E-state index is 11.8. The van der Waals surface area contributed by atoms with Gasteiger partial charge in [-0.1, -0.05) is 0 Å². The lowest BCUT2D eigenvalue weighted by Gasteiger charge is -2.52. The highest BCUT2D eigenvalue weighted by Crippen LogP contribution is 2.41. The van der Waals surface area contributed by atoms with Crippen LogP contribution in [0.2, 0.25) is 0 Å². The number of esters is 5. The molecular formula is C19H28O12. The van der Waals surface area contributed by atoms with E-state index >= 15 is 0 Å². The molecule has 1 saturated carbocycles. The van der Waals surface area contributed by atoms with Crippen molar-refractivity contribution in [2.75, 3.05) is 6.61 Å². The average Bonchev–Trinajstić information content (AvgIpc) is 2.61. The first-order valence-electron chi connectivity index (χ1n) is 9.52. The fourth-order valence-corrected chi connectivity index (χ4v) is 3.57. The molecule has 12 heteroatoms. The maximum Gasteiger partial charge on any atom is 0.303 e. The minimum Gasteiger partial charge on any atom is -0.455 e. The van der Waals surface area contributed by atoms with Crippen LogP contribution in [0.25, 0.3) is 0 Å². The number of aliphatic hydroxyl groups excluding tert-OH is 1. The molecule has 0 aromatic heterocycles. The summed E-state index contributed by atoms with van der Waals surface area (Å²) in [7, 11) is 0. The second kappa shape index (κ2) is 11.0. The summed E-state index contributed by atoms with van der Waals surface area (Å²) in [6, 6.07) is 0. The molecule has 31 heavy (non-hydrogen) atoms. The average molecular weight is 448 g/mol. The Kier molecular flexibility index (Phi) is 9.38. The third-order valence-corrected chi connectivity index (χ3v) is 4.46. The molecule has 0 heterocycles. The third kappa shape index (κ3) is 6.89. The van der Waals surface area contributed by atoms with E-state index in [0.29, 0.717) is 0 Å². The van der Waals surface area contributed by atoms with Crippen molar-refractivity contribution in [2.45, 2.75) is 83.6 Å². The Bertz CT molecular complexity index is 658. The predicted octanol–water partition coefficient (Wildman–Crippen LogP) is -0.838. The first-order valence-corrected chi connectivity index (χ1v) is 9.52. The van der Waals surface area contributed by atoms with Crippen molar-refractivity contribution in [3.8, 4) is 0 Å². The van der Waals surface area contributed by atoms with Crippen LogP contribution >= 0.6 is 0 Å². The molecule has 1 aliphatic carbocycles. The summed E-state index contributed by atoms with van der Waals surface area (Å²) in [6.07, 6.45) is -8.59. The number of hydrogen-bond acceptors (Lipinski definition) is 12. The van der Waals surface area contributed by atoms with Gasteiger partial charge in [0.1, 0.15) is 5.60 Å². The standard InChI is InChI=1S/C19H28O12/c1-9(21)27-14-15(28-10(2)22)17(30-12(4)24)19(26,7-6-8-20)18(31-13(5)25)16(14)29-11(3)23/h14-18,20,26H,6-8H2,1-5H3/t14?,15?,16?,17-,18?,19?/m0/s1. The minimum atomic E-state index is -2.28. The summed E-state index contributed by atoms with van der Waals surface area (Å²) in [5.74, 6) is -4.41. The van der Waals surface area contributed by atoms with E-state index < -0.39 is 72.6 Å². The van der Waals surface area contributed by atoms with Gasteiger partial charge in [0.25, 0.3) is 0 Å². The van der Waals surface area contributed by atoms with Crippen LogP contribution in [0, 0.1) is 0 Å². The molecule has 6 atom stereocenters. The molecule has 5 unspecified atom stereocenters. The summed E-state index contributed by atoms with van der Waals surface area (Å²) in [6.45, 7) is 4.74. The number of hydrogen-bond donors (Lipinski definition) is 2. The Labute approximate surface area is 178 Å². The van der Waals surface area contributed by atoms with Gasteiger partial charge in [-0.15, -0.1) is 0 Å². The van der Waals surface area contributed by atoms with E-state index in [0.717, 1.165) is 34.6 Å². The Balaban J connectivity index is 3.75. The van der Waals surface area contributed by atoms with Crippen molar-refractivity contribution in [1.29, 1.82) is 0 Å². The van der Waals surface area contributed by atoms with E-state index in [-0.39, 0.29) is 12.8 Å². The first-order chi connectivity index (χ1) is 14.3. The van der Waals surface area contributed by atoms with Crippen molar-refractivity contribution in [2.24, 2.45) is 0 Å². The molecule has 0 saturated heterocycles. The molecule has 0 aliphatic heterocycles. The van der Waals surface area contributed by atoms with Crippen molar-refractivity contribution < 1.29 is 57.9 Å². The summed E-state index contributed by atoms with van der Waals surface area (Å²) in [5, 5.41) is 20.8. The van der Waals surface area contributed by atoms with E-state index in [1.165, 1.54) is 0 Å². The van der Waals surface area contributed by atoms with Crippen molar-refractivity contribution >= 4 is 29.8 Å². The molecule has 0 aromatic rings. The molecule has 1 fully saturated rings. The lowest BCUT2D eigenvalue weighted by molar-refractivity contribution is -0.287. The van der Waals surface area contributed by atoms with Crippen LogP contribution in [-0.4, -0.2) is 82.8 Å². The van der Waals surface area contributed by atoms with Crippen LogP contribution in [-0.2, 0) is 47.7 Å². The number of carbonyl (C=O) groups excluding carboxylic acids is 5. The van der Waals surface area contributed by atoms with Crippen LogP contribution in [0.4, 0.5) is 0 Å². The quantitative estimate of drug-likeness (QED) is 0.349. The summed E-state index contributed by atoms with van der Waals surface area (Å²) >= 11 is 0. The highest BCUT2D eigenvalue weighted by atomic mass is 16.7. The zero-order valence-electron chi connectivity index (χ0n) is 18.0. The largest absolute Gasteiger partial charge is 0.455 e. The molecule has 1 rings (SSSR count). The van der Waals surface area contributed by atoms with Crippen molar-refractivity contribution in [1.82, 2.24) is 0 Å². The SMILES string of the molecule is CC(=O)OC1C(OC(C)=O)C(OC(C)=O)C(O)(CCCO)[C@@H](OC(C)=O)C1OC(C)=O. The van der Waals surface area contributed by atoms with Crippen molar-refractivity contribution in [3.63, 3.8) is 0 Å². The number of aliphatic hydroxyl groups is 2. The van der Waals surface area contributed by atoms with E-state index in [9.17, 15) is 34.2 Å². The smallest absolute Gasteiger partial charge is 0.303 e.